The van der Waals surface area contributed by atoms with E-state index in [2.05, 4.69) is 15.9 Å². The molecule has 0 aliphatic heterocycles. The molecule has 0 saturated carbocycles. The van der Waals surface area contributed by atoms with Crippen molar-refractivity contribution in [2.24, 2.45) is 0 Å². The van der Waals surface area contributed by atoms with Crippen LogP contribution in [0.25, 0.3) is 0 Å². The second-order valence-electron chi connectivity index (χ2n) is 3.06. The molecule has 0 aliphatic carbocycles. The van der Waals surface area contributed by atoms with Gasteiger partial charge in [-0.1, -0.05) is 0 Å². The molecule has 4 nitrogen and oxygen atoms in total. The number of nitrogen functional groups attached to an aromatic ring is 1. The van der Waals surface area contributed by atoms with Gasteiger partial charge in [-0.15, -0.1) is 0 Å². The lowest BCUT2D eigenvalue weighted by Gasteiger charge is -2.12. The summed E-state index contributed by atoms with van der Waals surface area (Å²) in [6.45, 7) is 0. The molecule has 0 fully saturated rings. The Bertz CT molecular complexity index is 377. The minimum atomic E-state index is -0.188. The third kappa shape index (κ3) is 1.82. The number of phenolic OH excluding ortho intramolecular Hbond substituents is 1. The van der Waals surface area contributed by atoms with E-state index in [1.165, 1.54) is 11.0 Å². The van der Waals surface area contributed by atoms with Gasteiger partial charge in [0.25, 0.3) is 5.91 Å². The Morgan fingerprint density at radius 2 is 2.07 bits per heavy atom. The molecule has 0 spiro atoms. The van der Waals surface area contributed by atoms with Crippen LogP contribution in [0.5, 0.6) is 5.75 Å². The summed E-state index contributed by atoms with van der Waals surface area (Å²) in [5.41, 5.74) is 6.09. The van der Waals surface area contributed by atoms with Crippen LogP contribution >= 0.6 is 15.9 Å². The molecule has 0 unspecified atom stereocenters. The number of nitrogens with zero attached hydrogens (tertiary/aromatic N) is 1. The first-order valence-corrected chi connectivity index (χ1v) is 4.73. The molecule has 0 atom stereocenters. The van der Waals surface area contributed by atoms with Crippen LogP contribution in [0.1, 0.15) is 10.4 Å². The van der Waals surface area contributed by atoms with E-state index in [4.69, 9.17) is 5.73 Å². The molecule has 5 heteroatoms. The summed E-state index contributed by atoms with van der Waals surface area (Å²) in [4.78, 5) is 13.0. The lowest BCUT2D eigenvalue weighted by atomic mass is 10.1. The molecule has 3 N–H and O–H groups in total. The molecular weight excluding hydrogens is 248 g/mol. The SMILES string of the molecule is CN(C)C(=O)c1ccc(N)c(O)c1Br. The molecule has 0 heterocycles. The molecule has 1 aromatic rings. The number of hydrogen-bond acceptors (Lipinski definition) is 3. The van der Waals surface area contributed by atoms with Gasteiger partial charge in [0, 0.05) is 14.1 Å². The number of aromatic hydroxyl groups is 1. The number of anilines is 1. The Balaban J connectivity index is 3.24. The minimum absolute atomic E-state index is 0.0994. The van der Waals surface area contributed by atoms with E-state index >= 15 is 0 Å². The van der Waals surface area contributed by atoms with Crippen LogP contribution in [0.15, 0.2) is 16.6 Å². The zero-order valence-electron chi connectivity index (χ0n) is 7.91. The average Bonchev–Trinajstić information content (AvgIpc) is 2.13. The van der Waals surface area contributed by atoms with Gasteiger partial charge >= 0.3 is 0 Å². The third-order valence-corrected chi connectivity index (χ3v) is 2.59. The highest BCUT2D eigenvalue weighted by atomic mass is 79.9. The smallest absolute Gasteiger partial charge is 0.254 e. The molecule has 1 aromatic carbocycles. The van der Waals surface area contributed by atoms with Gasteiger partial charge in [0.2, 0.25) is 0 Å². The molecule has 0 saturated heterocycles. The number of amides is 1. The van der Waals surface area contributed by atoms with Gasteiger partial charge in [-0.25, -0.2) is 0 Å². The molecule has 76 valence electrons. The summed E-state index contributed by atoms with van der Waals surface area (Å²) in [6, 6.07) is 3.07. The molecule has 0 bridgehead atoms. The maximum absolute atomic E-state index is 11.6. The highest BCUT2D eigenvalue weighted by Crippen LogP contribution is 2.33. The summed E-state index contributed by atoms with van der Waals surface area (Å²) in [6.07, 6.45) is 0. The fraction of sp³-hybridized carbons (Fsp3) is 0.222. The number of hydrogen-bond donors (Lipinski definition) is 2. The Kier molecular flexibility index (Phi) is 3.00. The number of carbonyl (C=O) groups excluding carboxylic acids is 1. The summed E-state index contributed by atoms with van der Waals surface area (Å²) >= 11 is 3.12. The van der Waals surface area contributed by atoms with Crippen molar-refractivity contribution in [3.63, 3.8) is 0 Å². The quantitative estimate of drug-likeness (QED) is 0.592. The predicted octanol–water partition coefficient (Wildman–Crippen LogP) is 1.44. The lowest BCUT2D eigenvalue weighted by molar-refractivity contribution is 0.0826. The average molecular weight is 259 g/mol. The number of phenols is 1. The number of nitrogens with two attached hydrogens (primary N) is 1. The van der Waals surface area contributed by atoms with Crippen molar-refractivity contribution in [3.05, 3.63) is 22.2 Å². The van der Waals surface area contributed by atoms with Crippen LogP contribution in [0.3, 0.4) is 0 Å². The fourth-order valence-corrected chi connectivity index (χ4v) is 1.52. The van der Waals surface area contributed by atoms with E-state index in [-0.39, 0.29) is 17.3 Å². The van der Waals surface area contributed by atoms with Gasteiger partial charge in [-0.2, -0.15) is 0 Å². The zero-order chi connectivity index (χ0) is 10.9. The van der Waals surface area contributed by atoms with Crippen molar-refractivity contribution in [1.29, 1.82) is 0 Å². The Morgan fingerprint density at radius 3 is 2.57 bits per heavy atom. The topological polar surface area (TPSA) is 66.6 Å². The fourth-order valence-electron chi connectivity index (χ4n) is 0.986. The molecule has 14 heavy (non-hydrogen) atoms. The van der Waals surface area contributed by atoms with Crippen LogP contribution in [0.2, 0.25) is 0 Å². The van der Waals surface area contributed by atoms with E-state index < -0.39 is 0 Å². The highest BCUT2D eigenvalue weighted by Gasteiger charge is 2.15. The van der Waals surface area contributed by atoms with E-state index in [0.717, 1.165) is 0 Å². The monoisotopic (exact) mass is 258 g/mol. The maximum Gasteiger partial charge on any atom is 0.254 e. The number of rotatable bonds is 1. The Labute approximate surface area is 90.4 Å². The standard InChI is InChI=1S/C9H11BrN2O2/c1-12(2)9(14)5-3-4-6(11)8(13)7(5)10/h3-4,13H,11H2,1-2H3. The number of halogens is 1. The van der Waals surface area contributed by atoms with E-state index in [1.54, 1.807) is 20.2 Å². The van der Waals surface area contributed by atoms with Crippen LogP contribution in [-0.2, 0) is 0 Å². The Morgan fingerprint density at radius 1 is 1.50 bits per heavy atom. The summed E-state index contributed by atoms with van der Waals surface area (Å²) in [5.74, 6) is -0.287. The van der Waals surface area contributed by atoms with Crippen molar-refractivity contribution >= 4 is 27.5 Å². The van der Waals surface area contributed by atoms with Gasteiger partial charge in [0.05, 0.1) is 15.7 Å². The second-order valence-corrected chi connectivity index (χ2v) is 3.86. The van der Waals surface area contributed by atoms with Gasteiger partial charge in [0.15, 0.2) is 5.75 Å². The zero-order valence-corrected chi connectivity index (χ0v) is 9.50. The van der Waals surface area contributed by atoms with Gasteiger partial charge in [-0.3, -0.25) is 4.79 Å². The van der Waals surface area contributed by atoms with Crippen molar-refractivity contribution in [2.45, 2.75) is 0 Å². The normalized spacial score (nSPS) is 9.93. The third-order valence-electron chi connectivity index (χ3n) is 1.78. The molecule has 0 radical (unpaired) electrons. The molecule has 0 aromatic heterocycles. The van der Waals surface area contributed by atoms with Gasteiger partial charge < -0.3 is 15.7 Å². The summed E-state index contributed by atoms with van der Waals surface area (Å²) in [7, 11) is 3.28. The number of benzene rings is 1. The lowest BCUT2D eigenvalue weighted by Crippen LogP contribution is -2.22. The van der Waals surface area contributed by atoms with E-state index in [0.29, 0.717) is 10.0 Å². The maximum atomic E-state index is 11.6. The summed E-state index contributed by atoms with van der Waals surface area (Å²) < 4.78 is 0.330. The van der Waals surface area contributed by atoms with Crippen molar-refractivity contribution < 1.29 is 9.90 Å². The van der Waals surface area contributed by atoms with Crippen LogP contribution in [-0.4, -0.2) is 30.0 Å². The van der Waals surface area contributed by atoms with Crippen molar-refractivity contribution in [1.82, 2.24) is 4.90 Å². The van der Waals surface area contributed by atoms with Gasteiger partial charge in [0.1, 0.15) is 0 Å². The van der Waals surface area contributed by atoms with Crippen molar-refractivity contribution in [2.75, 3.05) is 19.8 Å². The minimum Gasteiger partial charge on any atom is -0.505 e. The Hall–Kier alpha value is -1.23. The molecule has 1 amide bonds. The molecule has 0 aliphatic rings. The second kappa shape index (κ2) is 3.88. The first-order chi connectivity index (χ1) is 6.45. The predicted molar refractivity (Wildman–Crippen MR) is 58.2 cm³/mol. The first kappa shape index (κ1) is 10.8. The van der Waals surface area contributed by atoms with Crippen LogP contribution in [0.4, 0.5) is 5.69 Å². The van der Waals surface area contributed by atoms with E-state index in [9.17, 15) is 9.90 Å². The largest absolute Gasteiger partial charge is 0.505 e. The highest BCUT2D eigenvalue weighted by molar-refractivity contribution is 9.10. The van der Waals surface area contributed by atoms with Crippen LogP contribution < -0.4 is 5.73 Å². The summed E-state index contributed by atoms with van der Waals surface area (Å²) in [5, 5.41) is 9.48. The molecular formula is C9H11BrN2O2. The van der Waals surface area contributed by atoms with Gasteiger partial charge in [-0.05, 0) is 28.1 Å². The number of carbonyl (C=O) groups is 1. The van der Waals surface area contributed by atoms with Crippen LogP contribution in [0, 0.1) is 0 Å². The van der Waals surface area contributed by atoms with Crippen molar-refractivity contribution in [3.8, 4) is 5.75 Å². The first-order valence-electron chi connectivity index (χ1n) is 3.93. The molecule has 1 rings (SSSR count). The van der Waals surface area contributed by atoms with E-state index in [1.807, 2.05) is 0 Å².